The number of nitrogen functional groups attached to an aromatic ring is 1. The van der Waals surface area contributed by atoms with Crippen molar-refractivity contribution in [2.24, 2.45) is 0 Å². The fourth-order valence-corrected chi connectivity index (χ4v) is 3.24. The van der Waals surface area contributed by atoms with Gasteiger partial charge in [0.2, 0.25) is 0 Å². The maximum absolute atomic E-state index is 5.91. The van der Waals surface area contributed by atoms with E-state index in [1.165, 1.54) is 23.3 Å². The molecule has 3 heteroatoms. The Kier molecular flexibility index (Phi) is 1.72. The van der Waals surface area contributed by atoms with E-state index in [9.17, 15) is 0 Å². The summed E-state index contributed by atoms with van der Waals surface area (Å²) in [4.78, 5) is 1.39. The van der Waals surface area contributed by atoms with E-state index in [-0.39, 0.29) is 0 Å². The summed E-state index contributed by atoms with van der Waals surface area (Å²) in [5.74, 6) is 0.776. The molecule has 0 amide bonds. The topological polar surface area (TPSA) is 26.0 Å². The highest BCUT2D eigenvalue weighted by Crippen LogP contribution is 2.49. The third-order valence-electron chi connectivity index (χ3n) is 2.11. The Balaban J connectivity index is 2.50. The second-order valence-corrected chi connectivity index (χ2v) is 5.58. The summed E-state index contributed by atoms with van der Waals surface area (Å²) in [6, 6.07) is 0. The summed E-state index contributed by atoms with van der Waals surface area (Å²) in [6.45, 7) is 2.15. The van der Waals surface area contributed by atoms with Crippen molar-refractivity contribution < 1.29 is 0 Å². The predicted octanol–water partition coefficient (Wildman–Crippen LogP) is 3.28. The van der Waals surface area contributed by atoms with Crippen LogP contribution in [0.1, 0.15) is 29.2 Å². The fourth-order valence-electron chi connectivity index (χ4n) is 1.42. The molecular weight excluding hydrogens is 222 g/mol. The first-order chi connectivity index (χ1) is 5.20. The summed E-state index contributed by atoms with van der Waals surface area (Å²) in [5, 5.41) is 0. The molecular formula is C8H10BrNS. The van der Waals surface area contributed by atoms with Crippen LogP contribution in [-0.2, 0) is 0 Å². The molecule has 0 spiro atoms. The van der Waals surface area contributed by atoms with Gasteiger partial charge >= 0.3 is 0 Å². The number of aryl methyl sites for hydroxylation is 1. The minimum absolute atomic E-state index is 0.776. The number of hydrogen-bond acceptors (Lipinski definition) is 2. The Morgan fingerprint density at radius 1 is 1.55 bits per heavy atom. The number of rotatable bonds is 1. The maximum atomic E-state index is 5.91. The number of hydrogen-bond donors (Lipinski definition) is 1. The number of nitrogens with two attached hydrogens (primary N) is 1. The van der Waals surface area contributed by atoms with Crippen LogP contribution in [0.15, 0.2) is 3.79 Å². The maximum Gasteiger partial charge on any atom is 0.0933 e. The molecule has 0 aliphatic heterocycles. The van der Waals surface area contributed by atoms with Crippen LogP contribution in [0.2, 0.25) is 0 Å². The first-order valence-corrected chi connectivity index (χ1v) is 5.35. The average Bonchev–Trinajstić information content (AvgIpc) is 2.68. The third kappa shape index (κ3) is 1.20. The lowest BCUT2D eigenvalue weighted by Gasteiger charge is -1.96. The molecule has 0 saturated heterocycles. The average molecular weight is 232 g/mol. The Hall–Kier alpha value is -0.0200. The zero-order valence-corrected chi connectivity index (χ0v) is 8.76. The lowest BCUT2D eigenvalue weighted by molar-refractivity contribution is 1.13. The van der Waals surface area contributed by atoms with Gasteiger partial charge in [0.1, 0.15) is 0 Å². The van der Waals surface area contributed by atoms with Gasteiger partial charge in [-0.2, -0.15) is 0 Å². The summed E-state index contributed by atoms with van der Waals surface area (Å²) in [7, 11) is 0. The number of anilines is 1. The van der Waals surface area contributed by atoms with E-state index >= 15 is 0 Å². The van der Waals surface area contributed by atoms with Crippen LogP contribution >= 0.6 is 27.3 Å². The van der Waals surface area contributed by atoms with Crippen molar-refractivity contribution in [1.82, 2.24) is 0 Å². The highest BCUT2D eigenvalue weighted by molar-refractivity contribution is 9.11. The summed E-state index contributed by atoms with van der Waals surface area (Å²) in [5.41, 5.74) is 8.29. The second kappa shape index (κ2) is 2.49. The smallest absolute Gasteiger partial charge is 0.0933 e. The predicted molar refractivity (Wildman–Crippen MR) is 53.1 cm³/mol. The van der Waals surface area contributed by atoms with Gasteiger partial charge in [-0.1, -0.05) is 0 Å². The molecule has 2 N–H and O–H groups in total. The summed E-state index contributed by atoms with van der Waals surface area (Å²) < 4.78 is 1.11. The van der Waals surface area contributed by atoms with Gasteiger partial charge in [0.05, 0.1) is 9.47 Å². The molecule has 0 bridgehead atoms. The standard InChI is InChI=1S/C8H10BrNS/c1-4-6(5-2-3-5)7(10)8(9)11-4/h5H,2-3,10H2,1H3. The van der Waals surface area contributed by atoms with E-state index in [4.69, 9.17) is 5.73 Å². The van der Waals surface area contributed by atoms with E-state index in [1.54, 1.807) is 11.3 Å². The second-order valence-electron chi connectivity index (χ2n) is 3.03. The molecule has 1 heterocycles. The lowest BCUT2D eigenvalue weighted by Crippen LogP contribution is -1.89. The van der Waals surface area contributed by atoms with Crippen LogP contribution in [0.5, 0.6) is 0 Å². The van der Waals surface area contributed by atoms with Crippen LogP contribution < -0.4 is 5.73 Å². The van der Waals surface area contributed by atoms with E-state index in [0.29, 0.717) is 0 Å². The van der Waals surface area contributed by atoms with Crippen LogP contribution in [0.25, 0.3) is 0 Å². The van der Waals surface area contributed by atoms with Gasteiger partial charge in [-0.25, -0.2) is 0 Å². The monoisotopic (exact) mass is 231 g/mol. The van der Waals surface area contributed by atoms with Crippen LogP contribution in [0.4, 0.5) is 5.69 Å². The largest absolute Gasteiger partial charge is 0.397 e. The quantitative estimate of drug-likeness (QED) is 0.789. The number of halogens is 1. The summed E-state index contributed by atoms with van der Waals surface area (Å²) >= 11 is 5.21. The molecule has 1 aliphatic carbocycles. The molecule has 1 aliphatic rings. The van der Waals surface area contributed by atoms with Gasteiger partial charge in [0.25, 0.3) is 0 Å². The van der Waals surface area contributed by atoms with Gasteiger partial charge in [-0.3, -0.25) is 0 Å². The third-order valence-corrected chi connectivity index (χ3v) is 3.95. The van der Waals surface area contributed by atoms with Crippen molar-refractivity contribution in [2.45, 2.75) is 25.7 Å². The first kappa shape index (κ1) is 7.62. The molecule has 1 nitrogen and oxygen atoms in total. The molecule has 0 unspecified atom stereocenters. The molecule has 0 radical (unpaired) electrons. The van der Waals surface area contributed by atoms with Crippen molar-refractivity contribution in [3.8, 4) is 0 Å². The first-order valence-electron chi connectivity index (χ1n) is 3.74. The van der Waals surface area contributed by atoms with E-state index in [0.717, 1.165) is 15.4 Å². The SMILES string of the molecule is Cc1sc(Br)c(N)c1C1CC1. The highest BCUT2D eigenvalue weighted by Gasteiger charge is 2.29. The molecule has 1 fully saturated rings. The lowest BCUT2D eigenvalue weighted by atomic mass is 10.1. The van der Waals surface area contributed by atoms with Gasteiger partial charge in [0.15, 0.2) is 0 Å². The van der Waals surface area contributed by atoms with Crippen molar-refractivity contribution in [3.63, 3.8) is 0 Å². The van der Waals surface area contributed by atoms with Gasteiger partial charge < -0.3 is 5.73 Å². The zero-order chi connectivity index (χ0) is 8.01. The zero-order valence-electron chi connectivity index (χ0n) is 6.36. The van der Waals surface area contributed by atoms with Crippen LogP contribution in [0, 0.1) is 6.92 Å². The van der Waals surface area contributed by atoms with Crippen molar-refractivity contribution in [3.05, 3.63) is 14.2 Å². The molecule has 1 aromatic rings. The Morgan fingerprint density at radius 2 is 2.18 bits per heavy atom. The van der Waals surface area contributed by atoms with Crippen molar-refractivity contribution in [2.75, 3.05) is 5.73 Å². The number of thiophene rings is 1. The normalized spacial score (nSPS) is 17.3. The van der Waals surface area contributed by atoms with E-state index < -0.39 is 0 Å². The Bertz CT molecular complexity index is 289. The van der Waals surface area contributed by atoms with Gasteiger partial charge in [0, 0.05) is 4.88 Å². The van der Waals surface area contributed by atoms with Gasteiger partial charge in [-0.05, 0) is 47.2 Å². The highest BCUT2D eigenvalue weighted by atomic mass is 79.9. The van der Waals surface area contributed by atoms with Crippen molar-refractivity contribution >= 4 is 33.0 Å². The summed E-state index contributed by atoms with van der Waals surface area (Å²) in [6.07, 6.45) is 2.66. The van der Waals surface area contributed by atoms with E-state index in [2.05, 4.69) is 22.9 Å². The van der Waals surface area contributed by atoms with Crippen LogP contribution in [-0.4, -0.2) is 0 Å². The molecule has 60 valence electrons. The molecule has 0 atom stereocenters. The molecule has 1 saturated carbocycles. The Morgan fingerprint density at radius 3 is 2.55 bits per heavy atom. The van der Waals surface area contributed by atoms with Gasteiger partial charge in [-0.15, -0.1) is 11.3 Å². The van der Waals surface area contributed by atoms with E-state index in [1.807, 2.05) is 0 Å². The molecule has 1 aromatic heterocycles. The van der Waals surface area contributed by atoms with Crippen molar-refractivity contribution in [1.29, 1.82) is 0 Å². The fraction of sp³-hybridized carbons (Fsp3) is 0.500. The molecule has 0 aromatic carbocycles. The molecule has 11 heavy (non-hydrogen) atoms. The molecule has 2 rings (SSSR count). The Labute approximate surface area is 78.7 Å². The minimum Gasteiger partial charge on any atom is -0.397 e. The minimum atomic E-state index is 0.776. The van der Waals surface area contributed by atoms with Crippen LogP contribution in [0.3, 0.4) is 0 Å².